The molecular formula is C22H19ClN6O2. The van der Waals surface area contributed by atoms with E-state index >= 15 is 0 Å². The number of aromatic nitrogens is 2. The molecule has 1 saturated heterocycles. The largest absolute Gasteiger partial charge is 0.326 e. The van der Waals surface area contributed by atoms with Crippen molar-refractivity contribution in [2.45, 2.75) is 18.9 Å². The zero-order valence-corrected chi connectivity index (χ0v) is 17.2. The van der Waals surface area contributed by atoms with Crippen molar-refractivity contribution in [3.8, 4) is 17.3 Å². The molecule has 156 valence electrons. The van der Waals surface area contributed by atoms with Gasteiger partial charge in [0, 0.05) is 22.0 Å². The summed E-state index contributed by atoms with van der Waals surface area (Å²) >= 11 is 5.90. The van der Waals surface area contributed by atoms with Crippen molar-refractivity contribution in [2.24, 2.45) is 0 Å². The molecule has 1 amide bonds. The van der Waals surface area contributed by atoms with Crippen LogP contribution in [0.25, 0.3) is 11.3 Å². The van der Waals surface area contributed by atoms with Gasteiger partial charge in [0.15, 0.2) is 0 Å². The summed E-state index contributed by atoms with van der Waals surface area (Å²) in [5.74, 6) is 0.123. The minimum absolute atomic E-state index is 0.0771. The number of hydrogen-bond donors (Lipinski definition) is 4. The van der Waals surface area contributed by atoms with Crippen LogP contribution >= 0.6 is 11.6 Å². The Labute approximate surface area is 183 Å². The lowest BCUT2D eigenvalue weighted by molar-refractivity contribution is -0.117. The molecule has 0 aliphatic carbocycles. The van der Waals surface area contributed by atoms with E-state index in [1.165, 1.54) is 0 Å². The molecule has 2 heterocycles. The Morgan fingerprint density at radius 1 is 1.13 bits per heavy atom. The fraction of sp³-hybridized carbons (Fsp3) is 0.182. The average molecular weight is 435 g/mol. The Morgan fingerprint density at radius 3 is 2.48 bits per heavy atom. The van der Waals surface area contributed by atoms with E-state index in [1.807, 2.05) is 6.07 Å². The predicted molar refractivity (Wildman–Crippen MR) is 119 cm³/mol. The molecule has 1 aliphatic rings. The molecular weight excluding hydrogens is 416 g/mol. The summed E-state index contributed by atoms with van der Waals surface area (Å²) < 4.78 is 0. The van der Waals surface area contributed by atoms with Crippen LogP contribution in [0.4, 0.5) is 17.3 Å². The van der Waals surface area contributed by atoms with Crippen LogP contribution in [0.3, 0.4) is 0 Å². The summed E-state index contributed by atoms with van der Waals surface area (Å²) in [4.78, 5) is 31.7. The Kier molecular flexibility index (Phi) is 5.98. The highest BCUT2D eigenvalue weighted by atomic mass is 35.5. The fourth-order valence-electron chi connectivity index (χ4n) is 3.36. The van der Waals surface area contributed by atoms with Crippen LogP contribution in [-0.4, -0.2) is 28.5 Å². The number of aromatic amines is 1. The van der Waals surface area contributed by atoms with E-state index < -0.39 is 5.56 Å². The molecule has 1 aliphatic heterocycles. The van der Waals surface area contributed by atoms with Crippen molar-refractivity contribution in [3.05, 3.63) is 69.5 Å². The number of H-pyrrole nitrogens is 1. The van der Waals surface area contributed by atoms with Crippen LogP contribution in [-0.2, 0) is 4.79 Å². The number of amides is 1. The number of anilines is 3. The molecule has 0 spiro atoms. The average Bonchev–Trinajstić information content (AvgIpc) is 3.31. The lowest BCUT2D eigenvalue weighted by Gasteiger charge is -2.12. The Bertz CT molecular complexity index is 1190. The zero-order valence-electron chi connectivity index (χ0n) is 16.4. The van der Waals surface area contributed by atoms with Crippen molar-refractivity contribution < 1.29 is 4.79 Å². The lowest BCUT2D eigenvalue weighted by Crippen LogP contribution is -2.35. The third-order valence-electron chi connectivity index (χ3n) is 4.94. The summed E-state index contributed by atoms with van der Waals surface area (Å²) in [5, 5.41) is 19.1. The highest BCUT2D eigenvalue weighted by molar-refractivity contribution is 6.30. The van der Waals surface area contributed by atoms with Crippen LogP contribution in [0, 0.1) is 11.3 Å². The number of nitriles is 1. The minimum atomic E-state index is -0.548. The highest BCUT2D eigenvalue weighted by Gasteiger charge is 2.22. The molecule has 1 aromatic heterocycles. The number of rotatable bonds is 5. The van der Waals surface area contributed by atoms with E-state index in [1.54, 1.807) is 48.5 Å². The SMILES string of the molecule is N#Cc1c(-c2ccc(NC(=O)C3CCCN3)cc2)nc(Nc2ccc(Cl)cc2)[nH]c1=O. The Balaban J connectivity index is 1.59. The smallest absolute Gasteiger partial charge is 0.270 e. The van der Waals surface area contributed by atoms with Gasteiger partial charge < -0.3 is 16.0 Å². The molecule has 1 unspecified atom stereocenters. The standard InChI is InChI=1S/C22H19ClN6O2/c23-14-5-9-16(10-6-14)27-22-28-19(17(12-24)20(30)29-22)13-3-7-15(8-4-13)26-21(31)18-2-1-11-25-18/h3-10,18,25H,1-2,11H2,(H,26,31)(H2,27,28,29,30). The van der Waals surface area contributed by atoms with Crippen molar-refractivity contribution in [3.63, 3.8) is 0 Å². The van der Waals surface area contributed by atoms with E-state index in [2.05, 4.69) is 25.9 Å². The number of nitrogens with one attached hydrogen (secondary N) is 4. The summed E-state index contributed by atoms with van der Waals surface area (Å²) in [5.41, 5.74) is 1.51. The molecule has 8 nitrogen and oxygen atoms in total. The maximum Gasteiger partial charge on any atom is 0.270 e. The molecule has 4 N–H and O–H groups in total. The molecule has 4 rings (SSSR count). The van der Waals surface area contributed by atoms with Gasteiger partial charge in [-0.2, -0.15) is 5.26 Å². The van der Waals surface area contributed by atoms with Gasteiger partial charge in [0.05, 0.1) is 11.7 Å². The van der Waals surface area contributed by atoms with E-state index in [-0.39, 0.29) is 29.2 Å². The van der Waals surface area contributed by atoms with Crippen LogP contribution in [0.5, 0.6) is 0 Å². The summed E-state index contributed by atoms with van der Waals surface area (Å²) in [6.45, 7) is 0.842. The number of nitrogens with zero attached hydrogens (tertiary/aromatic N) is 2. The van der Waals surface area contributed by atoms with E-state index in [4.69, 9.17) is 11.6 Å². The molecule has 0 bridgehead atoms. The van der Waals surface area contributed by atoms with Crippen LogP contribution in [0.15, 0.2) is 53.3 Å². The van der Waals surface area contributed by atoms with Gasteiger partial charge in [0.25, 0.3) is 5.56 Å². The molecule has 1 fully saturated rings. The van der Waals surface area contributed by atoms with Gasteiger partial charge in [-0.05, 0) is 55.8 Å². The van der Waals surface area contributed by atoms with Gasteiger partial charge in [-0.1, -0.05) is 23.7 Å². The topological polar surface area (TPSA) is 123 Å². The molecule has 1 atom stereocenters. The third-order valence-corrected chi connectivity index (χ3v) is 5.19. The number of hydrogen-bond acceptors (Lipinski definition) is 6. The van der Waals surface area contributed by atoms with Gasteiger partial charge in [0.1, 0.15) is 11.6 Å². The first-order valence-corrected chi connectivity index (χ1v) is 10.1. The maximum atomic E-state index is 12.4. The van der Waals surface area contributed by atoms with Crippen molar-refractivity contribution in [2.75, 3.05) is 17.2 Å². The van der Waals surface area contributed by atoms with Gasteiger partial charge in [-0.25, -0.2) is 4.98 Å². The third kappa shape index (κ3) is 4.74. The lowest BCUT2D eigenvalue weighted by atomic mass is 10.1. The first-order chi connectivity index (χ1) is 15.0. The van der Waals surface area contributed by atoms with Gasteiger partial charge >= 0.3 is 0 Å². The Morgan fingerprint density at radius 2 is 1.84 bits per heavy atom. The summed E-state index contributed by atoms with van der Waals surface area (Å²) in [6.07, 6.45) is 1.80. The predicted octanol–water partition coefficient (Wildman–Crippen LogP) is 3.40. The number of halogens is 1. The monoisotopic (exact) mass is 434 g/mol. The maximum absolute atomic E-state index is 12.4. The zero-order chi connectivity index (χ0) is 21.8. The van der Waals surface area contributed by atoms with Crippen molar-refractivity contribution in [1.29, 1.82) is 5.26 Å². The van der Waals surface area contributed by atoms with E-state index in [9.17, 15) is 14.9 Å². The van der Waals surface area contributed by atoms with Crippen molar-refractivity contribution in [1.82, 2.24) is 15.3 Å². The van der Waals surface area contributed by atoms with E-state index in [0.29, 0.717) is 22.0 Å². The quantitative estimate of drug-likeness (QED) is 0.488. The first-order valence-electron chi connectivity index (χ1n) is 9.75. The molecule has 31 heavy (non-hydrogen) atoms. The highest BCUT2D eigenvalue weighted by Crippen LogP contribution is 2.24. The molecule has 0 radical (unpaired) electrons. The molecule has 3 aromatic rings. The second-order valence-corrected chi connectivity index (χ2v) is 7.53. The second kappa shape index (κ2) is 9.00. The Hall–Kier alpha value is -3.67. The molecule has 9 heteroatoms. The van der Waals surface area contributed by atoms with E-state index in [0.717, 1.165) is 19.4 Å². The van der Waals surface area contributed by atoms with Crippen molar-refractivity contribution >= 4 is 34.8 Å². The van der Waals surface area contributed by atoms with Gasteiger partial charge in [0.2, 0.25) is 11.9 Å². The van der Waals surface area contributed by atoms with Crippen LogP contribution < -0.4 is 21.5 Å². The summed E-state index contributed by atoms with van der Waals surface area (Å²) in [7, 11) is 0. The van der Waals surface area contributed by atoms with Crippen LogP contribution in [0.1, 0.15) is 18.4 Å². The second-order valence-electron chi connectivity index (χ2n) is 7.10. The normalized spacial score (nSPS) is 15.3. The number of carbonyl (C=O) groups is 1. The summed E-state index contributed by atoms with van der Waals surface area (Å²) in [6, 6.07) is 15.5. The number of carbonyl (C=O) groups excluding carboxylic acids is 1. The molecule has 0 saturated carbocycles. The molecule has 2 aromatic carbocycles. The van der Waals surface area contributed by atoms with Gasteiger partial charge in [-0.3, -0.25) is 14.6 Å². The van der Waals surface area contributed by atoms with Crippen LogP contribution in [0.2, 0.25) is 5.02 Å². The van der Waals surface area contributed by atoms with Gasteiger partial charge in [-0.15, -0.1) is 0 Å². The minimum Gasteiger partial charge on any atom is -0.326 e. The fourth-order valence-corrected chi connectivity index (χ4v) is 3.49. The first kappa shape index (κ1) is 20.6. The number of benzene rings is 2.